The Bertz CT molecular complexity index is 1080. The van der Waals surface area contributed by atoms with Gasteiger partial charge in [0.25, 0.3) is 5.91 Å². The number of aryl methyl sites for hydroxylation is 1. The lowest BCUT2D eigenvalue weighted by Gasteiger charge is -2.22. The smallest absolute Gasteiger partial charge is 0.270 e. The second-order valence-corrected chi connectivity index (χ2v) is 7.88. The van der Waals surface area contributed by atoms with E-state index in [0.29, 0.717) is 17.8 Å². The van der Waals surface area contributed by atoms with Gasteiger partial charge in [-0.15, -0.1) is 0 Å². The molecule has 3 N–H and O–H groups in total. The lowest BCUT2D eigenvalue weighted by Crippen LogP contribution is -2.47. The lowest BCUT2D eigenvalue weighted by molar-refractivity contribution is 0.0937. The summed E-state index contributed by atoms with van der Waals surface area (Å²) in [5, 5.41) is 3.09. The molecule has 2 aromatic heterocycles. The summed E-state index contributed by atoms with van der Waals surface area (Å²) in [5.74, 6) is -1.59. The highest BCUT2D eigenvalue weighted by atomic mass is 35.5. The maximum Gasteiger partial charge on any atom is 0.270 e. The molecule has 0 saturated heterocycles. The fraction of sp³-hybridized carbons (Fsp3) is 0.333. The van der Waals surface area contributed by atoms with E-state index in [1.807, 2.05) is 13.8 Å². The number of halogens is 3. The van der Waals surface area contributed by atoms with Gasteiger partial charge in [-0.25, -0.2) is 13.8 Å². The molecule has 30 heavy (non-hydrogen) atoms. The number of nitrogens with one attached hydrogen (secondary N) is 1. The van der Waals surface area contributed by atoms with Gasteiger partial charge < -0.3 is 15.8 Å². The molecule has 0 spiro atoms. The number of pyridine rings is 1. The van der Waals surface area contributed by atoms with Crippen LogP contribution >= 0.6 is 11.6 Å². The van der Waals surface area contributed by atoms with Crippen molar-refractivity contribution in [3.05, 3.63) is 64.1 Å². The Balaban J connectivity index is 1.93. The van der Waals surface area contributed by atoms with Crippen LogP contribution in [0.3, 0.4) is 0 Å². The van der Waals surface area contributed by atoms with Crippen LogP contribution in [0.4, 0.5) is 8.78 Å². The number of imidazole rings is 1. The van der Waals surface area contributed by atoms with E-state index < -0.39 is 17.2 Å². The van der Waals surface area contributed by atoms with Crippen LogP contribution in [0.25, 0.3) is 5.65 Å². The number of nitrogens with zero attached hydrogens (tertiary/aromatic N) is 2. The average molecular weight is 437 g/mol. The van der Waals surface area contributed by atoms with Gasteiger partial charge in [0, 0.05) is 24.3 Å². The van der Waals surface area contributed by atoms with Gasteiger partial charge in [0.05, 0.1) is 16.3 Å². The van der Waals surface area contributed by atoms with Crippen molar-refractivity contribution in [2.24, 2.45) is 5.73 Å². The summed E-state index contributed by atoms with van der Waals surface area (Å²) in [7, 11) is 0. The first-order valence-electron chi connectivity index (χ1n) is 9.44. The van der Waals surface area contributed by atoms with Gasteiger partial charge in [-0.3, -0.25) is 9.20 Å². The predicted molar refractivity (Wildman–Crippen MR) is 111 cm³/mol. The zero-order chi connectivity index (χ0) is 22.1. The van der Waals surface area contributed by atoms with Crippen LogP contribution in [0.1, 0.15) is 42.0 Å². The Morgan fingerprint density at radius 1 is 1.37 bits per heavy atom. The summed E-state index contributed by atoms with van der Waals surface area (Å²) < 4.78 is 34.9. The van der Waals surface area contributed by atoms with Gasteiger partial charge >= 0.3 is 0 Å². The second kappa shape index (κ2) is 8.57. The van der Waals surface area contributed by atoms with Gasteiger partial charge in [-0.1, -0.05) is 24.6 Å². The number of benzene rings is 1. The standard InChI is InChI=1S/C21H23ClF2N4O2/c1-4-21(3,25)11-26-20(29)18-12(2)27-19-17(8-13(22)9-28(18)19)30-10-14-15(23)6-5-7-16(14)24/h5-9H,4,10-11,25H2,1-3H3,(H,26,29). The van der Waals surface area contributed by atoms with Gasteiger partial charge in [-0.05, 0) is 32.4 Å². The monoisotopic (exact) mass is 436 g/mol. The minimum atomic E-state index is -0.714. The zero-order valence-corrected chi connectivity index (χ0v) is 17.7. The van der Waals surface area contributed by atoms with Crippen LogP contribution in [0.15, 0.2) is 30.5 Å². The van der Waals surface area contributed by atoms with E-state index in [0.717, 1.165) is 12.1 Å². The first kappa shape index (κ1) is 22.0. The van der Waals surface area contributed by atoms with Crippen molar-refractivity contribution in [1.82, 2.24) is 14.7 Å². The number of carbonyl (C=O) groups excluding carboxylic acids is 1. The van der Waals surface area contributed by atoms with E-state index in [1.165, 1.54) is 22.7 Å². The molecular formula is C21H23ClF2N4O2. The number of aromatic nitrogens is 2. The highest BCUT2D eigenvalue weighted by molar-refractivity contribution is 6.30. The normalized spacial score (nSPS) is 13.3. The van der Waals surface area contributed by atoms with E-state index >= 15 is 0 Å². The lowest BCUT2D eigenvalue weighted by atomic mass is 10.0. The van der Waals surface area contributed by atoms with E-state index in [-0.39, 0.29) is 41.1 Å². The van der Waals surface area contributed by atoms with E-state index in [1.54, 1.807) is 6.92 Å². The average Bonchev–Trinajstić information content (AvgIpc) is 3.01. The molecule has 6 nitrogen and oxygen atoms in total. The van der Waals surface area contributed by atoms with Crippen LogP contribution in [0, 0.1) is 18.6 Å². The van der Waals surface area contributed by atoms with E-state index in [4.69, 9.17) is 22.1 Å². The third kappa shape index (κ3) is 4.55. The van der Waals surface area contributed by atoms with Gasteiger partial charge in [0.1, 0.15) is 23.9 Å². The van der Waals surface area contributed by atoms with Crippen molar-refractivity contribution in [2.75, 3.05) is 6.54 Å². The number of carbonyl (C=O) groups is 1. The number of amides is 1. The Morgan fingerprint density at radius 2 is 2.03 bits per heavy atom. The molecule has 1 atom stereocenters. The summed E-state index contributed by atoms with van der Waals surface area (Å²) in [5.41, 5.74) is 6.38. The zero-order valence-electron chi connectivity index (χ0n) is 16.9. The van der Waals surface area contributed by atoms with Crippen molar-refractivity contribution in [3.8, 4) is 5.75 Å². The third-order valence-corrected chi connectivity index (χ3v) is 5.14. The van der Waals surface area contributed by atoms with Gasteiger partial charge in [0.15, 0.2) is 11.4 Å². The molecule has 0 aliphatic carbocycles. The number of nitrogens with two attached hydrogens (primary N) is 1. The number of rotatable bonds is 7. The van der Waals surface area contributed by atoms with Gasteiger partial charge in [0.2, 0.25) is 0 Å². The van der Waals surface area contributed by atoms with Crippen LogP contribution in [-0.2, 0) is 6.61 Å². The van der Waals surface area contributed by atoms with Crippen LogP contribution < -0.4 is 15.8 Å². The van der Waals surface area contributed by atoms with Crippen LogP contribution in [0.2, 0.25) is 5.02 Å². The first-order chi connectivity index (χ1) is 14.1. The summed E-state index contributed by atoms with van der Waals surface area (Å²) in [4.78, 5) is 17.2. The quantitative estimate of drug-likeness (QED) is 0.586. The Morgan fingerprint density at radius 3 is 2.67 bits per heavy atom. The van der Waals surface area contributed by atoms with Crippen molar-refractivity contribution < 1.29 is 18.3 Å². The molecule has 3 rings (SSSR count). The first-order valence-corrected chi connectivity index (χ1v) is 9.81. The molecule has 1 amide bonds. The molecule has 0 aliphatic heterocycles. The molecule has 3 aromatic rings. The number of ether oxygens (including phenoxy) is 1. The Labute approximate surface area is 178 Å². The van der Waals surface area contributed by atoms with Crippen LogP contribution in [-0.4, -0.2) is 27.4 Å². The molecule has 9 heteroatoms. The molecule has 0 saturated carbocycles. The summed E-state index contributed by atoms with van der Waals surface area (Å²) >= 11 is 6.20. The second-order valence-electron chi connectivity index (χ2n) is 7.44. The SMILES string of the molecule is CCC(C)(N)CNC(=O)c1c(C)nc2c(OCc3c(F)cccc3F)cc(Cl)cn12. The third-order valence-electron chi connectivity index (χ3n) is 4.94. The van der Waals surface area contributed by atoms with Crippen LogP contribution in [0.5, 0.6) is 5.75 Å². The molecule has 2 heterocycles. The summed E-state index contributed by atoms with van der Waals surface area (Å²) in [6.45, 7) is 5.39. The Hall–Kier alpha value is -2.71. The molecular weight excluding hydrogens is 414 g/mol. The molecule has 0 fully saturated rings. The maximum atomic E-state index is 13.9. The maximum absolute atomic E-state index is 13.9. The van der Waals surface area contributed by atoms with Gasteiger partial charge in [-0.2, -0.15) is 0 Å². The minimum absolute atomic E-state index is 0.199. The fourth-order valence-electron chi connectivity index (χ4n) is 2.89. The largest absolute Gasteiger partial charge is 0.485 e. The number of hydrogen-bond acceptors (Lipinski definition) is 4. The van der Waals surface area contributed by atoms with Crippen molar-refractivity contribution >= 4 is 23.2 Å². The summed E-state index contributed by atoms with van der Waals surface area (Å²) in [6, 6.07) is 5.06. The summed E-state index contributed by atoms with van der Waals surface area (Å²) in [6.07, 6.45) is 2.22. The van der Waals surface area contributed by atoms with E-state index in [2.05, 4.69) is 10.3 Å². The fourth-order valence-corrected chi connectivity index (χ4v) is 3.08. The van der Waals surface area contributed by atoms with Crippen molar-refractivity contribution in [3.63, 3.8) is 0 Å². The highest BCUT2D eigenvalue weighted by Crippen LogP contribution is 2.28. The van der Waals surface area contributed by atoms with Crippen molar-refractivity contribution in [2.45, 2.75) is 39.3 Å². The van der Waals surface area contributed by atoms with Crippen molar-refractivity contribution in [1.29, 1.82) is 0 Å². The minimum Gasteiger partial charge on any atom is -0.485 e. The number of fused-ring (bicyclic) bond motifs is 1. The highest BCUT2D eigenvalue weighted by Gasteiger charge is 2.23. The number of hydrogen-bond donors (Lipinski definition) is 2. The molecule has 160 valence electrons. The predicted octanol–water partition coefficient (Wildman–Crippen LogP) is 4.01. The molecule has 0 radical (unpaired) electrons. The van der Waals surface area contributed by atoms with E-state index in [9.17, 15) is 13.6 Å². The Kier molecular flexibility index (Phi) is 6.28. The molecule has 1 unspecified atom stereocenters. The molecule has 0 aliphatic rings. The topological polar surface area (TPSA) is 81.6 Å². The molecule has 1 aromatic carbocycles. The molecule has 0 bridgehead atoms.